The number of rotatable bonds is 7. The fourth-order valence-corrected chi connectivity index (χ4v) is 4.57. The van der Waals surface area contributed by atoms with Gasteiger partial charge in [-0.15, -0.1) is 0 Å². The molecule has 1 aromatic heterocycles. The number of piperazine rings is 1. The van der Waals surface area contributed by atoms with Crippen LogP contribution in [0.2, 0.25) is 0 Å². The molecule has 1 N–H and O–H groups in total. The number of benzene rings is 3. The third kappa shape index (κ3) is 5.44. The second kappa shape index (κ2) is 10.7. The van der Waals surface area contributed by atoms with E-state index in [-0.39, 0.29) is 24.8 Å². The fourth-order valence-electron chi connectivity index (χ4n) is 4.57. The summed E-state index contributed by atoms with van der Waals surface area (Å²) in [5.41, 5.74) is 3.02. The molecule has 0 unspecified atom stereocenters. The molecule has 2 amide bonds. The van der Waals surface area contributed by atoms with Crippen LogP contribution in [0.25, 0.3) is 22.2 Å². The summed E-state index contributed by atoms with van der Waals surface area (Å²) in [4.78, 5) is 33.7. The molecule has 0 atom stereocenters. The number of aromatic nitrogens is 2. The first-order chi connectivity index (χ1) is 17.6. The van der Waals surface area contributed by atoms with E-state index in [1.165, 1.54) is 0 Å². The number of nitrogens with one attached hydrogen (secondary N) is 1. The Bertz CT molecular complexity index is 1370. The van der Waals surface area contributed by atoms with Gasteiger partial charge in [0, 0.05) is 31.7 Å². The molecule has 2 heterocycles. The zero-order chi connectivity index (χ0) is 24.9. The normalized spacial score (nSPS) is 14.2. The minimum Gasteiger partial charge on any atom is -0.347 e. The zero-order valence-corrected chi connectivity index (χ0v) is 20.3. The highest BCUT2D eigenvalue weighted by Crippen LogP contribution is 2.21. The average molecular weight is 484 g/mol. The van der Waals surface area contributed by atoms with Gasteiger partial charge in [0.25, 0.3) is 0 Å². The van der Waals surface area contributed by atoms with Crippen LogP contribution in [-0.4, -0.2) is 64.5 Å². The van der Waals surface area contributed by atoms with Crippen LogP contribution in [0, 0.1) is 6.92 Å². The Hall–Kier alpha value is -4.04. The van der Waals surface area contributed by atoms with Gasteiger partial charge in [0.2, 0.25) is 23.5 Å². The van der Waals surface area contributed by atoms with Gasteiger partial charge in [-0.05, 0) is 28.8 Å². The topological polar surface area (TPSA) is 91.6 Å². The SMILES string of the molecule is Cc1ccccc1-c1noc(CN2CCN(C(=O)CNC(=O)Cc3cccc4ccccc34)CC2)n1. The first-order valence-electron chi connectivity index (χ1n) is 12.2. The van der Waals surface area contributed by atoms with Crippen molar-refractivity contribution in [2.75, 3.05) is 32.7 Å². The summed E-state index contributed by atoms with van der Waals surface area (Å²) < 4.78 is 5.46. The number of aryl methyl sites for hydroxylation is 1. The average Bonchev–Trinajstić information content (AvgIpc) is 3.36. The Balaban J connectivity index is 1.08. The molecule has 1 fully saturated rings. The Labute approximate surface area is 209 Å². The summed E-state index contributed by atoms with van der Waals surface area (Å²) in [5.74, 6) is 0.935. The first kappa shape index (κ1) is 23.7. The van der Waals surface area contributed by atoms with E-state index in [9.17, 15) is 9.59 Å². The predicted octanol–water partition coefficient (Wildman–Crippen LogP) is 3.20. The smallest absolute Gasteiger partial charge is 0.242 e. The van der Waals surface area contributed by atoms with Crippen LogP contribution < -0.4 is 5.32 Å². The highest BCUT2D eigenvalue weighted by atomic mass is 16.5. The Morgan fingerprint density at radius 3 is 2.53 bits per heavy atom. The van der Waals surface area contributed by atoms with Gasteiger partial charge < -0.3 is 14.7 Å². The molecule has 0 saturated carbocycles. The highest BCUT2D eigenvalue weighted by molar-refractivity contribution is 5.91. The Morgan fingerprint density at radius 2 is 1.69 bits per heavy atom. The highest BCUT2D eigenvalue weighted by Gasteiger charge is 2.23. The first-order valence-corrected chi connectivity index (χ1v) is 12.2. The van der Waals surface area contributed by atoms with Crippen molar-refractivity contribution >= 4 is 22.6 Å². The molecule has 0 bridgehead atoms. The molecule has 0 aliphatic carbocycles. The van der Waals surface area contributed by atoms with E-state index in [1.54, 1.807) is 4.90 Å². The summed E-state index contributed by atoms with van der Waals surface area (Å²) >= 11 is 0. The van der Waals surface area contributed by atoms with Crippen molar-refractivity contribution in [2.45, 2.75) is 19.9 Å². The van der Waals surface area contributed by atoms with Crippen molar-refractivity contribution in [1.82, 2.24) is 25.3 Å². The summed E-state index contributed by atoms with van der Waals surface area (Å²) in [6.45, 7) is 5.17. The van der Waals surface area contributed by atoms with Crippen molar-refractivity contribution < 1.29 is 14.1 Å². The third-order valence-electron chi connectivity index (χ3n) is 6.61. The van der Waals surface area contributed by atoms with Crippen LogP contribution in [0.1, 0.15) is 17.0 Å². The van der Waals surface area contributed by atoms with Crippen molar-refractivity contribution in [2.24, 2.45) is 0 Å². The van der Waals surface area contributed by atoms with E-state index in [1.807, 2.05) is 73.7 Å². The number of carbonyl (C=O) groups excluding carboxylic acids is 2. The number of amides is 2. The van der Waals surface area contributed by atoms with Gasteiger partial charge >= 0.3 is 0 Å². The predicted molar refractivity (Wildman–Crippen MR) is 137 cm³/mol. The van der Waals surface area contributed by atoms with Gasteiger partial charge in [0.1, 0.15) is 0 Å². The molecular weight excluding hydrogens is 454 g/mol. The second-order valence-corrected chi connectivity index (χ2v) is 9.08. The largest absolute Gasteiger partial charge is 0.347 e. The molecule has 36 heavy (non-hydrogen) atoms. The van der Waals surface area contributed by atoms with Crippen molar-refractivity contribution in [3.63, 3.8) is 0 Å². The number of hydrogen-bond donors (Lipinski definition) is 1. The van der Waals surface area contributed by atoms with Gasteiger partial charge in [-0.25, -0.2) is 0 Å². The van der Waals surface area contributed by atoms with Crippen LogP contribution in [0.4, 0.5) is 0 Å². The number of nitrogens with zero attached hydrogens (tertiary/aromatic N) is 4. The summed E-state index contributed by atoms with van der Waals surface area (Å²) in [7, 11) is 0. The molecule has 1 saturated heterocycles. The van der Waals surface area contributed by atoms with Crippen molar-refractivity contribution in [3.05, 3.63) is 83.7 Å². The van der Waals surface area contributed by atoms with Gasteiger partial charge in [-0.1, -0.05) is 71.9 Å². The summed E-state index contributed by atoms with van der Waals surface area (Å²) in [6, 6.07) is 21.9. The molecule has 184 valence electrons. The maximum absolute atomic E-state index is 12.7. The van der Waals surface area contributed by atoms with E-state index in [4.69, 9.17) is 4.52 Å². The van der Waals surface area contributed by atoms with Crippen LogP contribution in [0.3, 0.4) is 0 Å². The Kier molecular flexibility index (Phi) is 7.04. The molecule has 3 aromatic carbocycles. The van der Waals surface area contributed by atoms with E-state index in [0.717, 1.165) is 27.5 Å². The minimum atomic E-state index is -0.154. The maximum atomic E-state index is 12.7. The molecule has 0 spiro atoms. The molecule has 0 radical (unpaired) electrons. The lowest BCUT2D eigenvalue weighted by Crippen LogP contribution is -2.51. The minimum absolute atomic E-state index is 0.00699. The molecule has 4 aromatic rings. The number of carbonyl (C=O) groups is 2. The summed E-state index contributed by atoms with van der Waals surface area (Å²) in [5, 5.41) is 9.08. The molecule has 1 aliphatic heterocycles. The van der Waals surface area contributed by atoms with E-state index < -0.39 is 0 Å². The van der Waals surface area contributed by atoms with E-state index in [2.05, 4.69) is 20.4 Å². The van der Waals surface area contributed by atoms with Crippen molar-refractivity contribution in [1.29, 1.82) is 0 Å². The molecule has 8 heteroatoms. The summed E-state index contributed by atoms with van der Waals surface area (Å²) in [6.07, 6.45) is 0.247. The zero-order valence-electron chi connectivity index (χ0n) is 20.3. The van der Waals surface area contributed by atoms with Crippen molar-refractivity contribution in [3.8, 4) is 11.4 Å². The van der Waals surface area contributed by atoms with Gasteiger partial charge in [0.15, 0.2) is 0 Å². The lowest BCUT2D eigenvalue weighted by atomic mass is 10.0. The van der Waals surface area contributed by atoms with Gasteiger partial charge in [-0.3, -0.25) is 14.5 Å². The maximum Gasteiger partial charge on any atom is 0.242 e. The second-order valence-electron chi connectivity index (χ2n) is 9.08. The van der Waals surface area contributed by atoms with Crippen LogP contribution >= 0.6 is 0 Å². The van der Waals surface area contributed by atoms with Gasteiger partial charge in [-0.2, -0.15) is 4.98 Å². The van der Waals surface area contributed by atoms with Crippen LogP contribution in [0.5, 0.6) is 0 Å². The van der Waals surface area contributed by atoms with Crippen LogP contribution in [-0.2, 0) is 22.6 Å². The molecule has 5 rings (SSSR count). The number of fused-ring (bicyclic) bond motifs is 1. The van der Waals surface area contributed by atoms with Gasteiger partial charge in [0.05, 0.1) is 19.5 Å². The standard InChI is InChI=1S/C28H29N5O3/c1-20-7-2-4-11-23(20)28-30-26(36-31-28)19-32-13-15-33(16-14-32)27(35)18-29-25(34)17-22-10-6-9-21-8-3-5-12-24(21)22/h2-12H,13-19H2,1H3,(H,29,34). The van der Waals surface area contributed by atoms with E-state index >= 15 is 0 Å². The quantitative estimate of drug-likeness (QED) is 0.434. The number of hydrogen-bond acceptors (Lipinski definition) is 6. The fraction of sp³-hybridized carbons (Fsp3) is 0.286. The van der Waals surface area contributed by atoms with Crippen LogP contribution in [0.15, 0.2) is 71.3 Å². The monoisotopic (exact) mass is 483 g/mol. The lowest BCUT2D eigenvalue weighted by molar-refractivity contribution is -0.134. The molecular formula is C28H29N5O3. The van der Waals surface area contributed by atoms with E-state index in [0.29, 0.717) is 44.4 Å². The lowest BCUT2D eigenvalue weighted by Gasteiger charge is -2.34. The molecule has 8 nitrogen and oxygen atoms in total. The Morgan fingerprint density at radius 1 is 0.944 bits per heavy atom. The third-order valence-corrected chi connectivity index (χ3v) is 6.61. The molecule has 1 aliphatic rings.